The SMILES string of the molecule is C=C(C)C(=O)NCC(=O)OC1(C)C2CCC(C2)C1OS(=O)[O-]. The van der Waals surface area contributed by atoms with Gasteiger partial charge in [-0.3, -0.25) is 13.8 Å². The maximum Gasteiger partial charge on any atom is 0.326 e. The van der Waals surface area contributed by atoms with Crippen LogP contribution in [0.3, 0.4) is 0 Å². The molecule has 2 bridgehead atoms. The van der Waals surface area contributed by atoms with Crippen LogP contribution >= 0.6 is 0 Å². The fourth-order valence-corrected chi connectivity index (χ4v) is 4.01. The van der Waals surface area contributed by atoms with Crippen LogP contribution in [0.5, 0.6) is 0 Å². The summed E-state index contributed by atoms with van der Waals surface area (Å²) in [5.74, 6) is -0.893. The third-order valence-corrected chi connectivity index (χ3v) is 4.94. The third-order valence-electron chi connectivity index (χ3n) is 4.57. The molecular weight excluding hydrogens is 310 g/mol. The highest BCUT2D eigenvalue weighted by molar-refractivity contribution is 7.74. The summed E-state index contributed by atoms with van der Waals surface area (Å²) in [6.07, 6.45) is 1.86. The van der Waals surface area contributed by atoms with Gasteiger partial charge >= 0.3 is 5.97 Å². The zero-order valence-corrected chi connectivity index (χ0v) is 13.4. The minimum Gasteiger partial charge on any atom is -0.750 e. The molecule has 0 aromatic heterocycles. The Morgan fingerprint density at radius 3 is 2.73 bits per heavy atom. The van der Waals surface area contributed by atoms with Gasteiger partial charge in [0.25, 0.3) is 0 Å². The lowest BCUT2D eigenvalue weighted by atomic mass is 9.83. The molecule has 124 valence electrons. The molecule has 8 heteroatoms. The van der Waals surface area contributed by atoms with Crippen LogP contribution in [0.1, 0.15) is 33.1 Å². The molecular formula is C14H20NO6S-. The normalized spacial score (nSPS) is 34.2. The number of hydrogen-bond donors (Lipinski definition) is 1. The highest BCUT2D eigenvalue weighted by Gasteiger charge is 2.59. The quantitative estimate of drug-likeness (QED) is 0.434. The van der Waals surface area contributed by atoms with Gasteiger partial charge in [0.05, 0.1) is 11.4 Å². The second kappa shape index (κ2) is 6.47. The fourth-order valence-electron chi connectivity index (χ4n) is 3.50. The molecule has 7 nitrogen and oxygen atoms in total. The minimum absolute atomic E-state index is 0.0747. The van der Waals surface area contributed by atoms with Gasteiger partial charge in [-0.1, -0.05) is 6.58 Å². The van der Waals surface area contributed by atoms with E-state index in [1.165, 1.54) is 6.92 Å². The summed E-state index contributed by atoms with van der Waals surface area (Å²) in [6, 6.07) is 0. The van der Waals surface area contributed by atoms with Gasteiger partial charge in [0, 0.05) is 11.5 Å². The Balaban J connectivity index is 1.99. The molecule has 2 aliphatic rings. The van der Waals surface area contributed by atoms with Crippen molar-refractivity contribution < 1.29 is 27.3 Å². The number of amides is 1. The average Bonchev–Trinajstić information content (AvgIpc) is 2.98. The van der Waals surface area contributed by atoms with E-state index < -0.39 is 34.9 Å². The molecule has 0 saturated heterocycles. The monoisotopic (exact) mass is 330 g/mol. The van der Waals surface area contributed by atoms with Crippen LogP contribution in [-0.4, -0.2) is 38.9 Å². The summed E-state index contributed by atoms with van der Waals surface area (Å²) in [6.45, 7) is 6.42. The molecule has 22 heavy (non-hydrogen) atoms. The molecule has 2 saturated carbocycles. The van der Waals surface area contributed by atoms with Crippen molar-refractivity contribution in [1.29, 1.82) is 0 Å². The van der Waals surface area contributed by atoms with Crippen molar-refractivity contribution in [2.24, 2.45) is 11.8 Å². The van der Waals surface area contributed by atoms with Crippen molar-refractivity contribution in [3.8, 4) is 0 Å². The zero-order valence-electron chi connectivity index (χ0n) is 12.6. The minimum atomic E-state index is -2.66. The van der Waals surface area contributed by atoms with Crippen LogP contribution in [0.2, 0.25) is 0 Å². The van der Waals surface area contributed by atoms with E-state index in [2.05, 4.69) is 11.9 Å². The lowest BCUT2D eigenvalue weighted by molar-refractivity contribution is -0.174. The molecule has 0 spiro atoms. The van der Waals surface area contributed by atoms with Crippen molar-refractivity contribution in [3.63, 3.8) is 0 Å². The molecule has 1 N–H and O–H groups in total. The second-order valence-electron chi connectivity index (χ2n) is 6.11. The van der Waals surface area contributed by atoms with Crippen LogP contribution in [-0.2, 0) is 29.9 Å². The average molecular weight is 330 g/mol. The highest BCUT2D eigenvalue weighted by atomic mass is 32.2. The maximum absolute atomic E-state index is 12.0. The molecule has 5 unspecified atom stereocenters. The van der Waals surface area contributed by atoms with E-state index >= 15 is 0 Å². The molecule has 0 aliphatic heterocycles. The fraction of sp³-hybridized carbons (Fsp3) is 0.714. The van der Waals surface area contributed by atoms with Crippen molar-refractivity contribution >= 4 is 23.2 Å². The molecule has 2 aliphatic carbocycles. The number of ether oxygens (including phenoxy) is 1. The molecule has 5 atom stereocenters. The van der Waals surface area contributed by atoms with E-state index in [9.17, 15) is 18.4 Å². The molecule has 0 heterocycles. The number of carbonyl (C=O) groups excluding carboxylic acids is 2. The van der Waals surface area contributed by atoms with E-state index in [1.807, 2.05) is 0 Å². The Bertz CT molecular complexity index is 521. The van der Waals surface area contributed by atoms with Gasteiger partial charge in [0.15, 0.2) is 0 Å². The zero-order chi connectivity index (χ0) is 16.5. The van der Waals surface area contributed by atoms with Crippen LogP contribution in [0.15, 0.2) is 12.2 Å². The number of fused-ring (bicyclic) bond motifs is 2. The van der Waals surface area contributed by atoms with Crippen LogP contribution < -0.4 is 5.32 Å². The first-order chi connectivity index (χ1) is 10.2. The highest BCUT2D eigenvalue weighted by Crippen LogP contribution is 2.54. The van der Waals surface area contributed by atoms with E-state index in [0.29, 0.717) is 5.57 Å². The summed E-state index contributed by atoms with van der Waals surface area (Å²) < 4.78 is 32.2. The van der Waals surface area contributed by atoms with Gasteiger partial charge in [-0.15, -0.1) is 0 Å². The Labute approximate surface area is 131 Å². The number of rotatable bonds is 6. The lowest BCUT2D eigenvalue weighted by Gasteiger charge is -2.40. The van der Waals surface area contributed by atoms with E-state index in [-0.39, 0.29) is 18.4 Å². The molecule has 2 fully saturated rings. The second-order valence-corrected chi connectivity index (χ2v) is 6.71. The van der Waals surface area contributed by atoms with Gasteiger partial charge in [-0.25, -0.2) is 4.21 Å². The predicted octanol–water partition coefficient (Wildman–Crippen LogP) is 0.590. The summed E-state index contributed by atoms with van der Waals surface area (Å²) in [5.41, 5.74) is -0.685. The molecule has 0 radical (unpaired) electrons. The predicted molar refractivity (Wildman–Crippen MR) is 76.9 cm³/mol. The lowest BCUT2D eigenvalue weighted by Crippen LogP contribution is -2.51. The smallest absolute Gasteiger partial charge is 0.326 e. The Morgan fingerprint density at radius 2 is 2.14 bits per heavy atom. The van der Waals surface area contributed by atoms with Gasteiger partial charge in [-0.2, -0.15) is 0 Å². The van der Waals surface area contributed by atoms with Gasteiger partial charge in [0.1, 0.15) is 18.2 Å². The number of esters is 1. The first-order valence-corrected chi connectivity index (χ1v) is 8.16. The first kappa shape index (κ1) is 17.1. The Morgan fingerprint density at radius 1 is 1.45 bits per heavy atom. The van der Waals surface area contributed by atoms with E-state index in [0.717, 1.165) is 19.3 Å². The topological polar surface area (TPSA) is 105 Å². The summed E-state index contributed by atoms with van der Waals surface area (Å²) >= 11 is -2.66. The third kappa shape index (κ3) is 3.39. The van der Waals surface area contributed by atoms with Crippen molar-refractivity contribution in [3.05, 3.63) is 12.2 Å². The van der Waals surface area contributed by atoms with Crippen molar-refractivity contribution in [2.45, 2.75) is 44.8 Å². The Kier molecular flexibility index (Phi) is 5.03. The van der Waals surface area contributed by atoms with Crippen LogP contribution in [0.4, 0.5) is 0 Å². The van der Waals surface area contributed by atoms with Gasteiger partial charge in [0.2, 0.25) is 5.91 Å². The molecule has 0 aromatic carbocycles. The number of nitrogens with one attached hydrogen (secondary N) is 1. The number of hydrogen-bond acceptors (Lipinski definition) is 6. The Hall–Kier alpha value is -1.25. The number of carbonyl (C=O) groups is 2. The van der Waals surface area contributed by atoms with E-state index in [4.69, 9.17) is 8.92 Å². The molecule has 2 rings (SSSR count). The largest absolute Gasteiger partial charge is 0.750 e. The van der Waals surface area contributed by atoms with E-state index in [1.54, 1.807) is 6.92 Å². The first-order valence-electron chi connectivity index (χ1n) is 7.16. The maximum atomic E-state index is 12.0. The van der Waals surface area contributed by atoms with Crippen molar-refractivity contribution in [2.75, 3.05) is 6.54 Å². The summed E-state index contributed by atoms with van der Waals surface area (Å²) in [5, 5.41) is 2.40. The molecule has 1 amide bonds. The van der Waals surface area contributed by atoms with Gasteiger partial charge in [-0.05, 0) is 39.0 Å². The van der Waals surface area contributed by atoms with Crippen LogP contribution in [0.25, 0.3) is 0 Å². The summed E-state index contributed by atoms with van der Waals surface area (Å²) in [4.78, 5) is 23.3. The van der Waals surface area contributed by atoms with Crippen molar-refractivity contribution in [1.82, 2.24) is 5.32 Å². The summed E-state index contributed by atoms with van der Waals surface area (Å²) in [7, 11) is 0. The standard InChI is InChI=1S/C14H21NO6S/c1-8(2)13(17)15-7-11(16)20-14(3)10-5-4-9(6-10)12(14)21-22(18)19/h9-10,12H,1,4-7H2,2-3H3,(H,15,17)(H,18,19)/p-1. The van der Waals surface area contributed by atoms with Crippen LogP contribution in [0, 0.1) is 11.8 Å². The molecule has 0 aromatic rings. The van der Waals surface area contributed by atoms with Gasteiger partial charge < -0.3 is 14.6 Å².